The summed E-state index contributed by atoms with van der Waals surface area (Å²) in [5, 5.41) is 0. The van der Waals surface area contributed by atoms with Crippen LogP contribution in [-0.2, 0) is 0 Å². The van der Waals surface area contributed by atoms with Crippen molar-refractivity contribution in [1.82, 2.24) is 5.43 Å². The van der Waals surface area contributed by atoms with Crippen LogP contribution in [0.3, 0.4) is 0 Å². The third-order valence-corrected chi connectivity index (χ3v) is 3.22. The van der Waals surface area contributed by atoms with Gasteiger partial charge in [-0.3, -0.25) is 11.3 Å². The van der Waals surface area contributed by atoms with Gasteiger partial charge < -0.3 is 0 Å². The van der Waals surface area contributed by atoms with E-state index in [1.54, 1.807) is 0 Å². The second-order valence-electron chi connectivity index (χ2n) is 4.14. The van der Waals surface area contributed by atoms with Crippen LogP contribution in [0.2, 0.25) is 0 Å². The fraction of sp³-hybridized carbons (Fsp3) is 1.00. The lowest BCUT2D eigenvalue weighted by atomic mass is 9.80. The van der Waals surface area contributed by atoms with E-state index in [1.165, 1.54) is 38.5 Å². The van der Waals surface area contributed by atoms with Crippen molar-refractivity contribution >= 4 is 0 Å². The van der Waals surface area contributed by atoms with Crippen LogP contribution in [0.5, 0.6) is 0 Å². The Kier molecular flexibility index (Phi) is 2.14. The van der Waals surface area contributed by atoms with Crippen molar-refractivity contribution in [3.05, 3.63) is 0 Å². The normalized spacial score (nSPS) is 28.1. The summed E-state index contributed by atoms with van der Waals surface area (Å²) in [5.74, 6) is 7.40. The molecule has 2 rings (SSSR count). The predicted octanol–water partition coefficient (Wildman–Crippen LogP) is 1.42. The molecule has 0 aromatic heterocycles. The summed E-state index contributed by atoms with van der Waals surface area (Å²) in [7, 11) is 0. The highest BCUT2D eigenvalue weighted by molar-refractivity contribution is 4.88. The molecule has 2 aliphatic rings. The van der Waals surface area contributed by atoms with Gasteiger partial charge in [0.1, 0.15) is 0 Å². The van der Waals surface area contributed by atoms with E-state index in [4.69, 9.17) is 5.84 Å². The molecule has 2 aliphatic carbocycles. The van der Waals surface area contributed by atoms with Crippen molar-refractivity contribution < 1.29 is 0 Å². The summed E-state index contributed by atoms with van der Waals surface area (Å²) in [6.07, 6.45) is 8.49. The average molecular weight is 154 g/mol. The number of hydrogen-bond donors (Lipinski definition) is 2. The SMILES string of the molecule is NNC(CC1CCC1)C1CC1. The van der Waals surface area contributed by atoms with E-state index in [0.29, 0.717) is 6.04 Å². The fourth-order valence-corrected chi connectivity index (χ4v) is 1.98. The first-order valence-corrected chi connectivity index (χ1v) is 4.86. The standard InChI is InChI=1S/C9H18N2/c10-11-9(8-4-5-8)6-7-2-1-3-7/h7-9,11H,1-6,10H2. The Bertz CT molecular complexity index is 128. The molecule has 0 aromatic carbocycles. The highest BCUT2D eigenvalue weighted by atomic mass is 15.2. The fourth-order valence-electron chi connectivity index (χ4n) is 1.98. The molecular weight excluding hydrogens is 136 g/mol. The third-order valence-electron chi connectivity index (χ3n) is 3.22. The molecule has 0 heterocycles. The summed E-state index contributed by atoms with van der Waals surface area (Å²) in [6.45, 7) is 0. The number of nitrogens with two attached hydrogens (primary N) is 1. The van der Waals surface area contributed by atoms with Gasteiger partial charge in [0, 0.05) is 6.04 Å². The largest absolute Gasteiger partial charge is 0.271 e. The number of hydrogen-bond acceptors (Lipinski definition) is 2. The van der Waals surface area contributed by atoms with Gasteiger partial charge in [0.25, 0.3) is 0 Å². The molecule has 3 N–H and O–H groups in total. The van der Waals surface area contributed by atoms with E-state index in [2.05, 4.69) is 5.43 Å². The lowest BCUT2D eigenvalue weighted by molar-refractivity contribution is 0.249. The zero-order chi connectivity index (χ0) is 7.68. The Morgan fingerprint density at radius 2 is 2.00 bits per heavy atom. The third kappa shape index (κ3) is 1.74. The summed E-state index contributed by atoms with van der Waals surface area (Å²) in [5.41, 5.74) is 2.96. The maximum absolute atomic E-state index is 5.49. The van der Waals surface area contributed by atoms with Crippen molar-refractivity contribution in [3.8, 4) is 0 Å². The van der Waals surface area contributed by atoms with Gasteiger partial charge in [-0.25, -0.2) is 0 Å². The Labute approximate surface area is 68.5 Å². The zero-order valence-corrected chi connectivity index (χ0v) is 7.05. The van der Waals surface area contributed by atoms with Gasteiger partial charge in [-0.2, -0.15) is 0 Å². The summed E-state index contributed by atoms with van der Waals surface area (Å²) >= 11 is 0. The van der Waals surface area contributed by atoms with Crippen LogP contribution in [0.25, 0.3) is 0 Å². The summed E-state index contributed by atoms with van der Waals surface area (Å²) in [4.78, 5) is 0. The van der Waals surface area contributed by atoms with E-state index in [-0.39, 0.29) is 0 Å². The van der Waals surface area contributed by atoms with Crippen LogP contribution in [-0.4, -0.2) is 6.04 Å². The minimum absolute atomic E-state index is 0.639. The molecule has 0 spiro atoms. The summed E-state index contributed by atoms with van der Waals surface area (Å²) < 4.78 is 0. The number of nitrogens with one attached hydrogen (secondary N) is 1. The maximum atomic E-state index is 5.49. The Hall–Kier alpha value is -0.0800. The maximum Gasteiger partial charge on any atom is 0.0241 e. The van der Waals surface area contributed by atoms with Crippen LogP contribution in [0.1, 0.15) is 38.5 Å². The highest BCUT2D eigenvalue weighted by Gasteiger charge is 2.33. The van der Waals surface area contributed by atoms with Crippen molar-refractivity contribution in [3.63, 3.8) is 0 Å². The molecule has 2 saturated carbocycles. The van der Waals surface area contributed by atoms with Gasteiger partial charge in [0.2, 0.25) is 0 Å². The van der Waals surface area contributed by atoms with Gasteiger partial charge in [0.05, 0.1) is 0 Å². The molecule has 0 bridgehead atoms. The first kappa shape index (κ1) is 7.56. The molecule has 0 amide bonds. The quantitative estimate of drug-likeness (QED) is 0.475. The molecule has 0 aliphatic heterocycles. The lowest BCUT2D eigenvalue weighted by Crippen LogP contribution is -2.39. The molecular formula is C9H18N2. The van der Waals surface area contributed by atoms with Gasteiger partial charge >= 0.3 is 0 Å². The Morgan fingerprint density at radius 1 is 1.27 bits per heavy atom. The molecule has 1 unspecified atom stereocenters. The highest BCUT2D eigenvalue weighted by Crippen LogP contribution is 2.38. The van der Waals surface area contributed by atoms with Gasteiger partial charge in [-0.05, 0) is 31.1 Å². The zero-order valence-electron chi connectivity index (χ0n) is 7.05. The molecule has 0 saturated heterocycles. The van der Waals surface area contributed by atoms with Gasteiger partial charge in [-0.1, -0.05) is 19.3 Å². The second-order valence-corrected chi connectivity index (χ2v) is 4.14. The second kappa shape index (κ2) is 3.11. The van der Waals surface area contributed by atoms with Crippen molar-refractivity contribution in [1.29, 1.82) is 0 Å². The molecule has 2 fully saturated rings. The first-order valence-electron chi connectivity index (χ1n) is 4.86. The van der Waals surface area contributed by atoms with Crippen LogP contribution in [0.15, 0.2) is 0 Å². The molecule has 2 heteroatoms. The monoisotopic (exact) mass is 154 g/mol. The lowest BCUT2D eigenvalue weighted by Gasteiger charge is -2.29. The van der Waals surface area contributed by atoms with Gasteiger partial charge in [0.15, 0.2) is 0 Å². The summed E-state index contributed by atoms with van der Waals surface area (Å²) in [6, 6.07) is 0.639. The molecule has 2 nitrogen and oxygen atoms in total. The minimum Gasteiger partial charge on any atom is -0.271 e. The number of rotatable bonds is 4. The molecule has 11 heavy (non-hydrogen) atoms. The molecule has 1 atom stereocenters. The minimum atomic E-state index is 0.639. The van der Waals surface area contributed by atoms with E-state index < -0.39 is 0 Å². The molecule has 0 aromatic rings. The molecule has 64 valence electrons. The Morgan fingerprint density at radius 3 is 2.36 bits per heavy atom. The number of hydrazine groups is 1. The molecule has 0 radical (unpaired) electrons. The van der Waals surface area contributed by atoms with Crippen molar-refractivity contribution in [2.75, 3.05) is 0 Å². The van der Waals surface area contributed by atoms with E-state index in [0.717, 1.165) is 11.8 Å². The Balaban J connectivity index is 1.71. The predicted molar refractivity (Wildman–Crippen MR) is 45.8 cm³/mol. The van der Waals surface area contributed by atoms with Crippen molar-refractivity contribution in [2.45, 2.75) is 44.6 Å². The van der Waals surface area contributed by atoms with E-state index in [9.17, 15) is 0 Å². The van der Waals surface area contributed by atoms with Crippen LogP contribution in [0.4, 0.5) is 0 Å². The van der Waals surface area contributed by atoms with Crippen LogP contribution >= 0.6 is 0 Å². The smallest absolute Gasteiger partial charge is 0.0241 e. The van der Waals surface area contributed by atoms with Gasteiger partial charge in [-0.15, -0.1) is 0 Å². The van der Waals surface area contributed by atoms with E-state index in [1.807, 2.05) is 0 Å². The first-order chi connectivity index (χ1) is 5.40. The average Bonchev–Trinajstić information content (AvgIpc) is 2.68. The van der Waals surface area contributed by atoms with Crippen molar-refractivity contribution in [2.24, 2.45) is 17.7 Å². The van der Waals surface area contributed by atoms with Crippen LogP contribution < -0.4 is 11.3 Å². The van der Waals surface area contributed by atoms with E-state index >= 15 is 0 Å². The topological polar surface area (TPSA) is 38.0 Å². The van der Waals surface area contributed by atoms with Crippen LogP contribution in [0, 0.1) is 11.8 Å².